The summed E-state index contributed by atoms with van der Waals surface area (Å²) in [5.74, 6) is 3.35. The molecule has 1 aromatic carbocycles. The molecule has 2 rings (SSSR count). The molecule has 0 fully saturated rings. The van der Waals surface area contributed by atoms with Gasteiger partial charge in [0.15, 0.2) is 0 Å². The molecule has 3 nitrogen and oxygen atoms in total. The Labute approximate surface area is 120 Å². The maximum atomic E-state index is 11.5. The standard InChI is InChI=1S/C17H19NO2/c1-4-6-10-18(9-5-2)14-7-8-15-13(3)11-17(19)20-16(15)12-14/h2,4,7-8,12-13H,1,6,9-11H2,3H3. The van der Waals surface area contributed by atoms with Crippen LogP contribution in [0.1, 0.15) is 31.2 Å². The van der Waals surface area contributed by atoms with Gasteiger partial charge in [0.2, 0.25) is 0 Å². The SMILES string of the molecule is C#CCN(CCC=C)c1ccc2c(c1)OC(=O)CC2C. The summed E-state index contributed by atoms with van der Waals surface area (Å²) in [6.07, 6.45) is 8.58. The summed E-state index contributed by atoms with van der Waals surface area (Å²) in [4.78, 5) is 13.6. The minimum Gasteiger partial charge on any atom is -0.426 e. The Bertz CT molecular complexity index is 557. The normalized spacial score (nSPS) is 16.8. The monoisotopic (exact) mass is 269 g/mol. The van der Waals surface area contributed by atoms with E-state index >= 15 is 0 Å². The molecule has 1 unspecified atom stereocenters. The molecule has 0 aliphatic carbocycles. The predicted octanol–water partition coefficient (Wildman–Crippen LogP) is 3.11. The fourth-order valence-corrected chi connectivity index (χ4v) is 2.40. The van der Waals surface area contributed by atoms with Gasteiger partial charge in [-0.25, -0.2) is 0 Å². The average Bonchev–Trinajstić information content (AvgIpc) is 2.42. The second-order valence-electron chi connectivity index (χ2n) is 5.00. The number of fused-ring (bicyclic) bond motifs is 1. The molecule has 0 amide bonds. The number of ether oxygens (including phenoxy) is 1. The van der Waals surface area contributed by atoms with Crippen molar-refractivity contribution in [1.29, 1.82) is 0 Å². The zero-order chi connectivity index (χ0) is 14.5. The molecule has 1 aliphatic rings. The first-order valence-electron chi connectivity index (χ1n) is 6.79. The predicted molar refractivity (Wildman–Crippen MR) is 81.0 cm³/mol. The van der Waals surface area contributed by atoms with E-state index < -0.39 is 0 Å². The third kappa shape index (κ3) is 3.03. The van der Waals surface area contributed by atoms with Gasteiger partial charge in [-0.3, -0.25) is 4.79 Å². The van der Waals surface area contributed by atoms with Crippen LogP contribution < -0.4 is 9.64 Å². The zero-order valence-corrected chi connectivity index (χ0v) is 11.8. The number of nitrogens with zero attached hydrogens (tertiary/aromatic N) is 1. The first-order valence-corrected chi connectivity index (χ1v) is 6.79. The Balaban J connectivity index is 2.28. The Morgan fingerprint density at radius 1 is 1.60 bits per heavy atom. The van der Waals surface area contributed by atoms with Gasteiger partial charge in [-0.05, 0) is 24.0 Å². The van der Waals surface area contributed by atoms with Crippen molar-refractivity contribution in [3.63, 3.8) is 0 Å². The van der Waals surface area contributed by atoms with Crippen molar-refractivity contribution < 1.29 is 9.53 Å². The van der Waals surface area contributed by atoms with Crippen molar-refractivity contribution in [3.8, 4) is 18.1 Å². The van der Waals surface area contributed by atoms with Gasteiger partial charge in [0.05, 0.1) is 13.0 Å². The van der Waals surface area contributed by atoms with E-state index in [4.69, 9.17) is 11.2 Å². The Hall–Kier alpha value is -2.21. The van der Waals surface area contributed by atoms with Gasteiger partial charge in [0.25, 0.3) is 0 Å². The Morgan fingerprint density at radius 2 is 2.40 bits per heavy atom. The summed E-state index contributed by atoms with van der Waals surface area (Å²) in [6, 6.07) is 5.97. The summed E-state index contributed by atoms with van der Waals surface area (Å²) >= 11 is 0. The van der Waals surface area contributed by atoms with E-state index in [2.05, 4.69) is 17.4 Å². The van der Waals surface area contributed by atoms with Crippen molar-refractivity contribution in [2.24, 2.45) is 0 Å². The van der Waals surface area contributed by atoms with Gasteiger partial charge in [0, 0.05) is 18.3 Å². The molecule has 3 heteroatoms. The summed E-state index contributed by atoms with van der Waals surface area (Å²) in [5, 5.41) is 0. The quantitative estimate of drug-likeness (QED) is 0.356. The average molecular weight is 269 g/mol. The molecule has 0 radical (unpaired) electrons. The highest BCUT2D eigenvalue weighted by Crippen LogP contribution is 2.36. The van der Waals surface area contributed by atoms with Crippen LogP contribution in [0.15, 0.2) is 30.9 Å². The molecular formula is C17H19NO2. The highest BCUT2D eigenvalue weighted by molar-refractivity contribution is 5.77. The van der Waals surface area contributed by atoms with E-state index in [1.165, 1.54) is 0 Å². The number of hydrogen-bond donors (Lipinski definition) is 0. The van der Waals surface area contributed by atoms with Crippen LogP contribution in [0.5, 0.6) is 5.75 Å². The van der Waals surface area contributed by atoms with E-state index in [0.717, 1.165) is 24.2 Å². The number of rotatable bonds is 5. The van der Waals surface area contributed by atoms with Crippen LogP contribution in [0, 0.1) is 12.3 Å². The smallest absolute Gasteiger partial charge is 0.311 e. The molecule has 104 valence electrons. The van der Waals surface area contributed by atoms with Crippen LogP contribution in [0.4, 0.5) is 5.69 Å². The Morgan fingerprint density at radius 3 is 3.10 bits per heavy atom. The minimum atomic E-state index is -0.170. The van der Waals surface area contributed by atoms with Gasteiger partial charge in [-0.2, -0.15) is 0 Å². The maximum Gasteiger partial charge on any atom is 0.311 e. The van der Waals surface area contributed by atoms with Crippen LogP contribution in [0.3, 0.4) is 0 Å². The first-order chi connectivity index (χ1) is 9.65. The number of carbonyl (C=O) groups excluding carboxylic acids is 1. The van der Waals surface area contributed by atoms with Gasteiger partial charge in [-0.15, -0.1) is 13.0 Å². The molecular weight excluding hydrogens is 250 g/mol. The van der Waals surface area contributed by atoms with Crippen molar-refractivity contribution in [1.82, 2.24) is 0 Å². The molecule has 1 aliphatic heterocycles. The van der Waals surface area contributed by atoms with Gasteiger partial charge < -0.3 is 9.64 Å². The topological polar surface area (TPSA) is 29.5 Å². The lowest BCUT2D eigenvalue weighted by atomic mass is 9.94. The van der Waals surface area contributed by atoms with Gasteiger partial charge in [0.1, 0.15) is 5.75 Å². The number of hydrogen-bond acceptors (Lipinski definition) is 3. The molecule has 1 atom stereocenters. The van der Waals surface area contributed by atoms with Crippen LogP contribution in [-0.4, -0.2) is 19.1 Å². The Kier molecular flexibility index (Phi) is 4.47. The van der Waals surface area contributed by atoms with E-state index in [-0.39, 0.29) is 11.9 Å². The fraction of sp³-hybridized carbons (Fsp3) is 0.353. The molecule has 1 aromatic rings. The summed E-state index contributed by atoms with van der Waals surface area (Å²) in [5.41, 5.74) is 2.06. The van der Waals surface area contributed by atoms with Crippen LogP contribution >= 0.6 is 0 Å². The summed E-state index contributed by atoms with van der Waals surface area (Å²) in [7, 11) is 0. The number of terminal acetylenes is 1. The van der Waals surface area contributed by atoms with Crippen LogP contribution in [0.2, 0.25) is 0 Å². The second-order valence-corrected chi connectivity index (χ2v) is 5.00. The molecule has 0 bridgehead atoms. The largest absolute Gasteiger partial charge is 0.426 e. The molecule has 0 spiro atoms. The van der Waals surface area contributed by atoms with E-state index in [9.17, 15) is 4.79 Å². The van der Waals surface area contributed by atoms with E-state index in [0.29, 0.717) is 18.7 Å². The lowest BCUT2D eigenvalue weighted by Gasteiger charge is -2.26. The summed E-state index contributed by atoms with van der Waals surface area (Å²) < 4.78 is 5.34. The zero-order valence-electron chi connectivity index (χ0n) is 11.8. The van der Waals surface area contributed by atoms with Gasteiger partial charge >= 0.3 is 5.97 Å². The van der Waals surface area contributed by atoms with Crippen molar-refractivity contribution in [2.45, 2.75) is 25.7 Å². The third-order valence-corrected chi connectivity index (χ3v) is 3.48. The molecule has 0 N–H and O–H groups in total. The number of carbonyl (C=O) groups is 1. The highest BCUT2D eigenvalue weighted by atomic mass is 16.5. The summed E-state index contributed by atoms with van der Waals surface area (Å²) in [6.45, 7) is 7.09. The lowest BCUT2D eigenvalue weighted by Crippen LogP contribution is -2.25. The van der Waals surface area contributed by atoms with Gasteiger partial charge in [-0.1, -0.05) is 25.0 Å². The molecule has 0 aromatic heterocycles. The van der Waals surface area contributed by atoms with Crippen molar-refractivity contribution in [2.75, 3.05) is 18.0 Å². The number of esters is 1. The van der Waals surface area contributed by atoms with E-state index in [1.807, 2.05) is 31.2 Å². The molecule has 20 heavy (non-hydrogen) atoms. The fourth-order valence-electron chi connectivity index (χ4n) is 2.40. The molecule has 1 heterocycles. The highest BCUT2D eigenvalue weighted by Gasteiger charge is 2.24. The molecule has 0 saturated heterocycles. The third-order valence-electron chi connectivity index (χ3n) is 3.48. The van der Waals surface area contributed by atoms with Crippen LogP contribution in [-0.2, 0) is 4.79 Å². The lowest BCUT2D eigenvalue weighted by molar-refractivity contribution is -0.135. The number of benzene rings is 1. The first kappa shape index (κ1) is 14.2. The van der Waals surface area contributed by atoms with Crippen molar-refractivity contribution >= 4 is 11.7 Å². The molecule has 0 saturated carbocycles. The second kappa shape index (κ2) is 6.29. The van der Waals surface area contributed by atoms with E-state index in [1.54, 1.807) is 0 Å². The minimum absolute atomic E-state index is 0.170. The maximum absolute atomic E-state index is 11.5. The number of anilines is 1. The van der Waals surface area contributed by atoms with Crippen LogP contribution in [0.25, 0.3) is 0 Å². The van der Waals surface area contributed by atoms with Crippen molar-refractivity contribution in [3.05, 3.63) is 36.4 Å².